The molecule has 90 valence electrons. The van der Waals surface area contributed by atoms with Crippen LogP contribution in [-0.2, 0) is 0 Å². The van der Waals surface area contributed by atoms with Gasteiger partial charge in [-0.05, 0) is 25.5 Å². The van der Waals surface area contributed by atoms with E-state index in [0.29, 0.717) is 22.4 Å². The smallest absolute Gasteiger partial charge is 0.266 e. The summed E-state index contributed by atoms with van der Waals surface area (Å²) in [6.45, 7) is 3.50. The van der Waals surface area contributed by atoms with Crippen LogP contribution >= 0.6 is 0 Å². The lowest BCUT2D eigenvalue weighted by Crippen LogP contribution is -2.12. The lowest BCUT2D eigenvalue weighted by Gasteiger charge is -2.09. The lowest BCUT2D eigenvalue weighted by molar-refractivity contribution is 0.473. The number of nitriles is 1. The number of nitrogens with zero attached hydrogens (tertiary/aromatic N) is 1. The molecule has 2 rings (SSSR count). The van der Waals surface area contributed by atoms with E-state index in [-0.39, 0.29) is 11.3 Å². The molecule has 18 heavy (non-hydrogen) atoms. The second-order valence-electron chi connectivity index (χ2n) is 4.15. The second kappa shape index (κ2) is 4.38. The lowest BCUT2D eigenvalue weighted by atomic mass is 9.98. The van der Waals surface area contributed by atoms with Crippen LogP contribution in [0, 0.1) is 25.2 Å². The highest BCUT2D eigenvalue weighted by atomic mass is 16.3. The SMILES string of the molecule is Cc1cc(-c2cccc(C)c2O)c(C#N)c(=O)[nH]1. The Bertz CT molecular complexity index is 709. The average Bonchev–Trinajstić information content (AvgIpc) is 2.32. The predicted molar refractivity (Wildman–Crippen MR) is 68.4 cm³/mol. The fourth-order valence-electron chi connectivity index (χ4n) is 1.89. The van der Waals surface area contributed by atoms with Crippen molar-refractivity contribution in [3.05, 3.63) is 51.4 Å². The molecule has 1 heterocycles. The van der Waals surface area contributed by atoms with Crippen molar-refractivity contribution in [2.75, 3.05) is 0 Å². The summed E-state index contributed by atoms with van der Waals surface area (Å²) in [5.41, 5.74) is 1.89. The largest absolute Gasteiger partial charge is 0.507 e. The van der Waals surface area contributed by atoms with Crippen molar-refractivity contribution in [1.29, 1.82) is 5.26 Å². The number of aryl methyl sites for hydroxylation is 2. The van der Waals surface area contributed by atoms with Gasteiger partial charge < -0.3 is 10.1 Å². The molecule has 1 aromatic heterocycles. The number of nitrogens with one attached hydrogen (secondary N) is 1. The Labute approximate surface area is 104 Å². The summed E-state index contributed by atoms with van der Waals surface area (Å²) < 4.78 is 0. The molecule has 2 N–H and O–H groups in total. The quantitative estimate of drug-likeness (QED) is 0.802. The first-order valence-corrected chi connectivity index (χ1v) is 5.47. The number of aromatic amines is 1. The van der Waals surface area contributed by atoms with E-state index in [9.17, 15) is 9.90 Å². The van der Waals surface area contributed by atoms with Crippen LogP contribution in [0.25, 0.3) is 11.1 Å². The van der Waals surface area contributed by atoms with Gasteiger partial charge >= 0.3 is 0 Å². The normalized spacial score (nSPS) is 10.1. The van der Waals surface area contributed by atoms with Crippen LogP contribution < -0.4 is 5.56 Å². The summed E-state index contributed by atoms with van der Waals surface area (Å²) in [5.74, 6) is 0.0963. The number of H-pyrrole nitrogens is 1. The zero-order chi connectivity index (χ0) is 13.3. The maximum Gasteiger partial charge on any atom is 0.266 e. The summed E-state index contributed by atoms with van der Waals surface area (Å²) in [4.78, 5) is 14.3. The van der Waals surface area contributed by atoms with E-state index >= 15 is 0 Å². The van der Waals surface area contributed by atoms with Crippen molar-refractivity contribution < 1.29 is 5.11 Å². The van der Waals surface area contributed by atoms with Crippen molar-refractivity contribution in [1.82, 2.24) is 4.98 Å². The zero-order valence-electron chi connectivity index (χ0n) is 10.1. The van der Waals surface area contributed by atoms with Crippen LogP contribution in [0.2, 0.25) is 0 Å². The Hall–Kier alpha value is -2.54. The van der Waals surface area contributed by atoms with Gasteiger partial charge in [0.25, 0.3) is 5.56 Å². The van der Waals surface area contributed by atoms with Gasteiger partial charge in [0, 0.05) is 16.8 Å². The Morgan fingerprint density at radius 2 is 2.00 bits per heavy atom. The summed E-state index contributed by atoms with van der Waals surface area (Å²) in [7, 11) is 0. The van der Waals surface area contributed by atoms with E-state index in [1.807, 2.05) is 6.07 Å². The van der Waals surface area contributed by atoms with Gasteiger partial charge in [0.05, 0.1) is 0 Å². The van der Waals surface area contributed by atoms with Crippen LogP contribution in [0.3, 0.4) is 0 Å². The van der Waals surface area contributed by atoms with Crippen molar-refractivity contribution >= 4 is 0 Å². The third-order valence-corrected chi connectivity index (χ3v) is 2.81. The molecule has 2 aromatic rings. The highest BCUT2D eigenvalue weighted by Crippen LogP contribution is 2.32. The first-order valence-electron chi connectivity index (χ1n) is 5.47. The van der Waals surface area contributed by atoms with Gasteiger partial charge in [-0.25, -0.2) is 0 Å². The first kappa shape index (κ1) is 11.9. The number of para-hydroxylation sites is 1. The van der Waals surface area contributed by atoms with E-state index < -0.39 is 5.56 Å². The molecule has 0 atom stereocenters. The number of rotatable bonds is 1. The van der Waals surface area contributed by atoms with Gasteiger partial charge in [-0.3, -0.25) is 4.79 Å². The van der Waals surface area contributed by atoms with Crippen LogP contribution in [0.1, 0.15) is 16.8 Å². The van der Waals surface area contributed by atoms with Gasteiger partial charge in [0.15, 0.2) is 0 Å². The predicted octanol–water partition coefficient (Wildman–Crippen LogP) is 2.24. The third-order valence-electron chi connectivity index (χ3n) is 2.81. The molecule has 0 saturated heterocycles. The van der Waals surface area contributed by atoms with Gasteiger partial charge in [0.1, 0.15) is 17.4 Å². The van der Waals surface area contributed by atoms with Crippen molar-refractivity contribution in [2.24, 2.45) is 0 Å². The number of phenols is 1. The Morgan fingerprint density at radius 3 is 2.67 bits per heavy atom. The van der Waals surface area contributed by atoms with Gasteiger partial charge in [-0.15, -0.1) is 0 Å². The summed E-state index contributed by atoms with van der Waals surface area (Å²) in [5, 5.41) is 19.1. The molecule has 0 spiro atoms. The molecule has 0 aliphatic heterocycles. The van der Waals surface area contributed by atoms with Crippen LogP contribution in [-0.4, -0.2) is 10.1 Å². The molecule has 4 nitrogen and oxygen atoms in total. The Balaban J connectivity index is 2.84. The van der Waals surface area contributed by atoms with E-state index in [1.54, 1.807) is 38.1 Å². The third kappa shape index (κ3) is 1.87. The van der Waals surface area contributed by atoms with E-state index in [2.05, 4.69) is 4.98 Å². The number of benzene rings is 1. The molecule has 0 fully saturated rings. The van der Waals surface area contributed by atoms with Crippen LogP contribution in [0.4, 0.5) is 0 Å². The average molecular weight is 240 g/mol. The van der Waals surface area contributed by atoms with Crippen molar-refractivity contribution in [3.63, 3.8) is 0 Å². The summed E-state index contributed by atoms with van der Waals surface area (Å²) in [6.07, 6.45) is 0. The number of aromatic nitrogens is 1. The summed E-state index contributed by atoms with van der Waals surface area (Å²) in [6, 6.07) is 8.81. The molecule has 0 amide bonds. The van der Waals surface area contributed by atoms with Gasteiger partial charge in [-0.1, -0.05) is 18.2 Å². The number of pyridine rings is 1. The molecule has 0 aliphatic rings. The molecule has 0 saturated carbocycles. The van der Waals surface area contributed by atoms with Gasteiger partial charge in [0.2, 0.25) is 0 Å². The second-order valence-corrected chi connectivity index (χ2v) is 4.15. The number of aromatic hydroxyl groups is 1. The molecular weight excluding hydrogens is 228 g/mol. The summed E-state index contributed by atoms with van der Waals surface area (Å²) >= 11 is 0. The monoisotopic (exact) mass is 240 g/mol. The maximum absolute atomic E-state index is 11.7. The molecule has 0 aliphatic carbocycles. The minimum Gasteiger partial charge on any atom is -0.507 e. The van der Waals surface area contributed by atoms with Crippen molar-refractivity contribution in [3.8, 4) is 22.9 Å². The molecule has 4 heteroatoms. The van der Waals surface area contributed by atoms with E-state index in [4.69, 9.17) is 5.26 Å². The molecular formula is C14H12N2O2. The molecule has 0 radical (unpaired) electrons. The maximum atomic E-state index is 11.7. The van der Waals surface area contributed by atoms with E-state index in [1.165, 1.54) is 0 Å². The minimum absolute atomic E-state index is 0.0153. The highest BCUT2D eigenvalue weighted by Gasteiger charge is 2.14. The minimum atomic E-state index is -0.437. The number of phenolic OH excluding ortho intramolecular Hbond substituents is 1. The Kier molecular flexibility index (Phi) is 2.90. The number of hydrogen-bond donors (Lipinski definition) is 2. The van der Waals surface area contributed by atoms with Crippen LogP contribution in [0.5, 0.6) is 5.75 Å². The fourth-order valence-corrected chi connectivity index (χ4v) is 1.89. The number of hydrogen-bond acceptors (Lipinski definition) is 3. The molecule has 0 unspecified atom stereocenters. The van der Waals surface area contributed by atoms with Crippen molar-refractivity contribution in [2.45, 2.75) is 13.8 Å². The Morgan fingerprint density at radius 1 is 1.28 bits per heavy atom. The first-order chi connectivity index (χ1) is 8.54. The topological polar surface area (TPSA) is 76.9 Å². The van der Waals surface area contributed by atoms with Gasteiger partial charge in [-0.2, -0.15) is 5.26 Å². The van der Waals surface area contributed by atoms with Crippen LogP contribution in [0.15, 0.2) is 29.1 Å². The molecule has 0 bridgehead atoms. The fraction of sp³-hybridized carbons (Fsp3) is 0.143. The zero-order valence-corrected chi connectivity index (χ0v) is 10.1. The molecule has 1 aromatic carbocycles. The standard InChI is InChI=1S/C14H12N2O2/c1-8-4-3-5-10(13(8)17)11-6-9(2)16-14(18)12(11)7-15/h3-6,17H,1-2H3,(H,16,18). The highest BCUT2D eigenvalue weighted by molar-refractivity contribution is 5.76. The van der Waals surface area contributed by atoms with E-state index in [0.717, 1.165) is 0 Å².